The Morgan fingerprint density at radius 1 is 1.50 bits per heavy atom. The minimum atomic E-state index is -0.465. The lowest BCUT2D eigenvalue weighted by atomic mass is 10.5. The molecular weight excluding hydrogens is 282 g/mol. The van der Waals surface area contributed by atoms with Crippen molar-refractivity contribution in [3.8, 4) is 0 Å². The summed E-state index contributed by atoms with van der Waals surface area (Å²) in [5.41, 5.74) is 5.08. The van der Waals surface area contributed by atoms with Crippen LogP contribution in [0.3, 0.4) is 0 Å². The maximum atomic E-state index is 11.9. The number of aryl methyl sites for hydroxylation is 1. The molecule has 0 aromatic carbocycles. The molecule has 0 amide bonds. The summed E-state index contributed by atoms with van der Waals surface area (Å²) in [6.45, 7) is 4.50. The van der Waals surface area contributed by atoms with Crippen LogP contribution in [0, 0.1) is 6.92 Å². The van der Waals surface area contributed by atoms with E-state index in [0.717, 1.165) is 4.74 Å². The zero-order chi connectivity index (χ0) is 14.7. The van der Waals surface area contributed by atoms with Crippen molar-refractivity contribution >= 4 is 17.7 Å². The summed E-state index contributed by atoms with van der Waals surface area (Å²) in [7, 11) is 0. The largest absolute Gasteiger partial charge is 0.373 e. The average Bonchev–Trinajstić information content (AvgIpc) is 2.98. The third kappa shape index (κ3) is 2.83. The lowest BCUT2D eigenvalue weighted by Gasteiger charge is -2.05. The number of nitrogens with zero attached hydrogens (tertiary/aromatic N) is 4. The van der Waals surface area contributed by atoms with Gasteiger partial charge in [-0.2, -0.15) is 0 Å². The summed E-state index contributed by atoms with van der Waals surface area (Å²) >= 11 is 1.19. The second-order valence-corrected chi connectivity index (χ2v) is 4.95. The van der Waals surface area contributed by atoms with Gasteiger partial charge in [0.2, 0.25) is 0 Å². The standard InChI is InChI=1S/C11H15N5O3S/c1-3-15-8(5-12)13-14-11(15)20-6-10(18)16-9(17)4-7(2)19-16/h4H,3,5-6,12H2,1-2H3. The van der Waals surface area contributed by atoms with Gasteiger partial charge in [-0.25, -0.2) is 0 Å². The molecule has 0 atom stereocenters. The summed E-state index contributed by atoms with van der Waals surface area (Å²) in [5, 5.41) is 8.51. The van der Waals surface area contributed by atoms with Crippen molar-refractivity contribution in [2.45, 2.75) is 32.1 Å². The molecule has 9 heteroatoms. The topological polar surface area (TPSA) is 109 Å². The first kappa shape index (κ1) is 14.5. The van der Waals surface area contributed by atoms with E-state index < -0.39 is 11.5 Å². The van der Waals surface area contributed by atoms with Crippen LogP contribution in [0.25, 0.3) is 0 Å². The fourth-order valence-corrected chi connectivity index (χ4v) is 2.56. The highest BCUT2D eigenvalue weighted by Crippen LogP contribution is 2.17. The van der Waals surface area contributed by atoms with Crippen molar-refractivity contribution in [3.63, 3.8) is 0 Å². The molecule has 0 saturated heterocycles. The Morgan fingerprint density at radius 3 is 2.80 bits per heavy atom. The molecule has 0 unspecified atom stereocenters. The molecule has 0 spiro atoms. The highest BCUT2D eigenvalue weighted by atomic mass is 32.2. The van der Waals surface area contributed by atoms with Crippen LogP contribution in [0.5, 0.6) is 0 Å². The highest BCUT2D eigenvalue weighted by Gasteiger charge is 2.15. The van der Waals surface area contributed by atoms with E-state index >= 15 is 0 Å². The Morgan fingerprint density at radius 2 is 2.25 bits per heavy atom. The van der Waals surface area contributed by atoms with Gasteiger partial charge in [-0.1, -0.05) is 11.8 Å². The molecule has 20 heavy (non-hydrogen) atoms. The number of hydrogen-bond acceptors (Lipinski definition) is 7. The third-order valence-electron chi connectivity index (χ3n) is 2.61. The maximum Gasteiger partial charge on any atom is 0.290 e. The third-order valence-corrected chi connectivity index (χ3v) is 3.56. The van der Waals surface area contributed by atoms with Gasteiger partial charge in [-0.3, -0.25) is 9.59 Å². The Labute approximate surface area is 118 Å². The Bertz CT molecular complexity index is 672. The van der Waals surface area contributed by atoms with Gasteiger partial charge in [0.05, 0.1) is 12.3 Å². The molecule has 0 saturated carbocycles. The fourth-order valence-electron chi connectivity index (χ4n) is 1.70. The zero-order valence-electron chi connectivity index (χ0n) is 11.2. The molecule has 0 aliphatic carbocycles. The smallest absolute Gasteiger partial charge is 0.290 e. The molecule has 2 aromatic rings. The normalized spacial score (nSPS) is 10.9. The second-order valence-electron chi connectivity index (χ2n) is 4.01. The van der Waals surface area contributed by atoms with Crippen LogP contribution in [0.4, 0.5) is 0 Å². The van der Waals surface area contributed by atoms with Crippen molar-refractivity contribution < 1.29 is 9.32 Å². The van der Waals surface area contributed by atoms with E-state index in [2.05, 4.69) is 10.2 Å². The number of thioether (sulfide) groups is 1. The minimum absolute atomic E-state index is 0.0373. The molecule has 8 nitrogen and oxygen atoms in total. The predicted molar refractivity (Wildman–Crippen MR) is 72.6 cm³/mol. The van der Waals surface area contributed by atoms with Crippen molar-refractivity contribution in [1.29, 1.82) is 0 Å². The van der Waals surface area contributed by atoms with Gasteiger partial charge in [-0.15, -0.1) is 14.9 Å². The van der Waals surface area contributed by atoms with Gasteiger partial charge < -0.3 is 14.8 Å². The molecule has 0 aliphatic rings. The molecule has 0 bridgehead atoms. The van der Waals surface area contributed by atoms with Crippen molar-refractivity contribution in [2.75, 3.05) is 5.75 Å². The van der Waals surface area contributed by atoms with E-state index in [9.17, 15) is 9.59 Å². The number of carbonyl (C=O) groups excluding carboxylic acids is 1. The van der Waals surface area contributed by atoms with Gasteiger partial charge >= 0.3 is 0 Å². The molecule has 2 rings (SSSR count). The number of rotatable bonds is 5. The molecule has 2 heterocycles. The van der Waals surface area contributed by atoms with E-state index in [4.69, 9.17) is 10.3 Å². The molecule has 0 radical (unpaired) electrons. The van der Waals surface area contributed by atoms with E-state index in [1.165, 1.54) is 17.8 Å². The summed E-state index contributed by atoms with van der Waals surface area (Å²) in [5.74, 6) is 0.659. The molecule has 2 N–H and O–H groups in total. The average molecular weight is 297 g/mol. The number of carbonyl (C=O) groups is 1. The Hall–Kier alpha value is -1.87. The predicted octanol–water partition coefficient (Wildman–Crippen LogP) is 0.252. The van der Waals surface area contributed by atoms with Gasteiger partial charge in [-0.05, 0) is 13.8 Å². The summed E-state index contributed by atoms with van der Waals surface area (Å²) in [6.07, 6.45) is 0. The molecular formula is C11H15N5O3S. The number of nitrogens with two attached hydrogens (primary N) is 1. The van der Waals surface area contributed by atoms with Crippen LogP contribution >= 0.6 is 11.8 Å². The summed E-state index contributed by atoms with van der Waals surface area (Å²) < 4.78 is 7.60. The second kappa shape index (κ2) is 6.06. The van der Waals surface area contributed by atoms with Crippen LogP contribution in [0.1, 0.15) is 23.3 Å². The number of hydrogen-bond donors (Lipinski definition) is 1. The molecule has 108 valence electrons. The number of aromatic nitrogens is 4. The first-order chi connectivity index (χ1) is 9.56. The lowest BCUT2D eigenvalue weighted by molar-refractivity contribution is 0.0813. The molecule has 0 fully saturated rings. The van der Waals surface area contributed by atoms with Gasteiger partial charge in [0.1, 0.15) is 11.6 Å². The fraction of sp³-hybridized carbons (Fsp3) is 0.455. The Kier molecular flexibility index (Phi) is 4.40. The van der Waals surface area contributed by atoms with E-state index in [1.807, 2.05) is 11.5 Å². The zero-order valence-corrected chi connectivity index (χ0v) is 12.0. The van der Waals surface area contributed by atoms with E-state index in [1.54, 1.807) is 6.92 Å². The van der Waals surface area contributed by atoms with Gasteiger partial charge in [0.15, 0.2) is 5.16 Å². The van der Waals surface area contributed by atoms with E-state index in [-0.39, 0.29) is 12.3 Å². The van der Waals surface area contributed by atoms with Crippen LogP contribution in [-0.4, -0.2) is 31.2 Å². The van der Waals surface area contributed by atoms with Crippen LogP contribution < -0.4 is 11.3 Å². The Balaban J connectivity index is 2.09. The first-order valence-corrected chi connectivity index (χ1v) is 7.03. The summed E-state index contributed by atoms with van der Waals surface area (Å²) in [4.78, 5) is 23.4. The minimum Gasteiger partial charge on any atom is -0.373 e. The van der Waals surface area contributed by atoms with Crippen molar-refractivity contribution in [3.05, 3.63) is 28.0 Å². The summed E-state index contributed by atoms with van der Waals surface area (Å²) in [6, 6.07) is 1.27. The first-order valence-electron chi connectivity index (χ1n) is 6.05. The SMILES string of the molecule is CCn1c(CN)nnc1SCC(=O)n1oc(C)cc1=O. The van der Waals surface area contributed by atoms with Gasteiger partial charge in [0.25, 0.3) is 11.5 Å². The van der Waals surface area contributed by atoms with Crippen LogP contribution in [0.2, 0.25) is 0 Å². The van der Waals surface area contributed by atoms with E-state index in [0.29, 0.717) is 23.3 Å². The molecule has 0 aliphatic heterocycles. The van der Waals surface area contributed by atoms with Crippen molar-refractivity contribution in [2.24, 2.45) is 5.73 Å². The van der Waals surface area contributed by atoms with Crippen molar-refractivity contribution in [1.82, 2.24) is 19.5 Å². The van der Waals surface area contributed by atoms with Gasteiger partial charge in [0, 0.05) is 12.6 Å². The maximum absolute atomic E-state index is 11.9. The monoisotopic (exact) mass is 297 g/mol. The highest BCUT2D eigenvalue weighted by molar-refractivity contribution is 7.99. The van der Waals surface area contributed by atoms with Crippen LogP contribution in [0.15, 0.2) is 20.5 Å². The lowest BCUT2D eigenvalue weighted by Crippen LogP contribution is -2.23. The quantitative estimate of drug-likeness (QED) is 0.788. The molecule has 2 aromatic heterocycles. The van der Waals surface area contributed by atoms with Crippen LogP contribution in [-0.2, 0) is 13.1 Å².